The van der Waals surface area contributed by atoms with Crippen molar-refractivity contribution in [2.75, 3.05) is 14.2 Å². The van der Waals surface area contributed by atoms with Crippen LogP contribution in [0, 0.1) is 0 Å². The summed E-state index contributed by atoms with van der Waals surface area (Å²) in [5.74, 6) is 0.901. The number of benzene rings is 1. The molecule has 0 saturated carbocycles. The van der Waals surface area contributed by atoms with Gasteiger partial charge in [0.15, 0.2) is 0 Å². The molecule has 0 saturated heterocycles. The van der Waals surface area contributed by atoms with Crippen LogP contribution in [0.2, 0.25) is 0 Å². The predicted molar refractivity (Wildman–Crippen MR) is 67.1 cm³/mol. The summed E-state index contributed by atoms with van der Waals surface area (Å²) < 4.78 is 7.24. The Hall–Kier alpha value is -1.81. The number of nitrogens with one attached hydrogen (secondary N) is 1. The molecule has 0 aliphatic carbocycles. The van der Waals surface area contributed by atoms with Gasteiger partial charge in [0.2, 0.25) is 0 Å². The van der Waals surface area contributed by atoms with E-state index in [-0.39, 0.29) is 0 Å². The Morgan fingerprint density at radius 3 is 2.88 bits per heavy atom. The van der Waals surface area contributed by atoms with Crippen LogP contribution < -0.4 is 10.1 Å². The molecular weight excluding hydrogens is 214 g/mol. The van der Waals surface area contributed by atoms with Gasteiger partial charge < -0.3 is 10.1 Å². The predicted octanol–water partition coefficient (Wildman–Crippen LogP) is 1.66. The van der Waals surface area contributed by atoms with Crippen LogP contribution in [-0.4, -0.2) is 23.9 Å². The van der Waals surface area contributed by atoms with Crippen molar-refractivity contribution in [3.63, 3.8) is 0 Å². The minimum Gasteiger partial charge on any atom is -0.496 e. The van der Waals surface area contributed by atoms with E-state index >= 15 is 0 Å². The number of methoxy groups -OCH3 is 1. The Balaban J connectivity index is 2.13. The lowest BCUT2D eigenvalue weighted by Gasteiger charge is -2.07. The van der Waals surface area contributed by atoms with Gasteiger partial charge in [0.1, 0.15) is 5.75 Å². The quantitative estimate of drug-likeness (QED) is 0.850. The average molecular weight is 231 g/mol. The Kier molecular flexibility index (Phi) is 3.77. The fraction of sp³-hybridized carbons (Fsp3) is 0.308. The molecule has 0 radical (unpaired) electrons. The molecule has 0 spiro atoms. The van der Waals surface area contributed by atoms with Crippen LogP contribution in [0.1, 0.15) is 11.3 Å². The Morgan fingerprint density at radius 2 is 2.12 bits per heavy atom. The van der Waals surface area contributed by atoms with Crippen LogP contribution in [0.15, 0.2) is 36.5 Å². The lowest BCUT2D eigenvalue weighted by atomic mass is 10.2. The van der Waals surface area contributed by atoms with Crippen LogP contribution in [0.3, 0.4) is 0 Å². The van der Waals surface area contributed by atoms with E-state index in [9.17, 15) is 0 Å². The maximum absolute atomic E-state index is 5.32. The number of hydrogen-bond acceptors (Lipinski definition) is 3. The van der Waals surface area contributed by atoms with Gasteiger partial charge in [0, 0.05) is 18.3 Å². The third-order valence-corrected chi connectivity index (χ3v) is 2.58. The average Bonchev–Trinajstić information content (AvgIpc) is 2.78. The van der Waals surface area contributed by atoms with Gasteiger partial charge in [-0.25, -0.2) is 0 Å². The summed E-state index contributed by atoms with van der Waals surface area (Å²) in [6, 6.07) is 10.0. The molecule has 1 heterocycles. The monoisotopic (exact) mass is 231 g/mol. The fourth-order valence-corrected chi connectivity index (χ4v) is 1.78. The summed E-state index contributed by atoms with van der Waals surface area (Å²) in [7, 11) is 3.60. The van der Waals surface area contributed by atoms with Gasteiger partial charge in [-0.2, -0.15) is 5.10 Å². The lowest BCUT2D eigenvalue weighted by Crippen LogP contribution is -2.07. The van der Waals surface area contributed by atoms with Gasteiger partial charge in [0.05, 0.1) is 19.3 Å². The first-order valence-corrected chi connectivity index (χ1v) is 5.62. The second-order valence-corrected chi connectivity index (χ2v) is 3.85. The fourth-order valence-electron chi connectivity index (χ4n) is 1.78. The highest BCUT2D eigenvalue weighted by atomic mass is 16.5. The molecule has 1 aromatic carbocycles. The second-order valence-electron chi connectivity index (χ2n) is 3.85. The summed E-state index contributed by atoms with van der Waals surface area (Å²) >= 11 is 0. The van der Waals surface area contributed by atoms with Crippen molar-refractivity contribution in [1.82, 2.24) is 15.1 Å². The standard InChI is InChI=1S/C13H17N3O/c1-14-9-12-7-8-16(15-12)10-11-5-3-4-6-13(11)17-2/h3-8,14H,9-10H2,1-2H3. The van der Waals surface area contributed by atoms with Crippen molar-refractivity contribution in [2.45, 2.75) is 13.1 Å². The van der Waals surface area contributed by atoms with E-state index in [0.29, 0.717) is 0 Å². The maximum Gasteiger partial charge on any atom is 0.123 e. The molecule has 17 heavy (non-hydrogen) atoms. The third kappa shape index (κ3) is 2.85. The van der Waals surface area contributed by atoms with Gasteiger partial charge in [0.25, 0.3) is 0 Å². The molecule has 2 rings (SSSR count). The maximum atomic E-state index is 5.32. The van der Waals surface area contributed by atoms with E-state index in [1.807, 2.05) is 42.2 Å². The molecule has 0 bridgehead atoms. The van der Waals surface area contributed by atoms with E-state index in [0.717, 1.165) is 30.1 Å². The number of hydrogen-bond donors (Lipinski definition) is 1. The van der Waals surface area contributed by atoms with Crippen molar-refractivity contribution in [2.24, 2.45) is 0 Å². The van der Waals surface area contributed by atoms with Crippen LogP contribution >= 0.6 is 0 Å². The second kappa shape index (κ2) is 5.50. The molecule has 1 aromatic heterocycles. The van der Waals surface area contributed by atoms with Crippen LogP contribution in [0.4, 0.5) is 0 Å². The van der Waals surface area contributed by atoms with E-state index in [1.165, 1.54) is 0 Å². The van der Waals surface area contributed by atoms with Crippen LogP contribution in [-0.2, 0) is 13.1 Å². The topological polar surface area (TPSA) is 39.1 Å². The molecule has 0 unspecified atom stereocenters. The zero-order chi connectivity index (χ0) is 12.1. The molecule has 1 N–H and O–H groups in total. The number of rotatable bonds is 5. The van der Waals surface area contributed by atoms with Crippen molar-refractivity contribution in [3.05, 3.63) is 47.8 Å². The van der Waals surface area contributed by atoms with E-state index < -0.39 is 0 Å². The molecule has 2 aromatic rings. The molecule has 90 valence electrons. The summed E-state index contributed by atoms with van der Waals surface area (Å²) in [4.78, 5) is 0. The molecular formula is C13H17N3O. The number of aromatic nitrogens is 2. The lowest BCUT2D eigenvalue weighted by molar-refractivity contribution is 0.407. The molecule has 4 heteroatoms. The zero-order valence-electron chi connectivity index (χ0n) is 10.2. The number of ether oxygens (including phenoxy) is 1. The normalized spacial score (nSPS) is 10.5. The molecule has 4 nitrogen and oxygen atoms in total. The molecule has 0 aliphatic rings. The molecule has 0 fully saturated rings. The van der Waals surface area contributed by atoms with Gasteiger partial charge in [-0.3, -0.25) is 4.68 Å². The molecule has 0 amide bonds. The Bertz CT molecular complexity index is 479. The van der Waals surface area contributed by atoms with Crippen molar-refractivity contribution < 1.29 is 4.74 Å². The van der Waals surface area contributed by atoms with Gasteiger partial charge >= 0.3 is 0 Å². The van der Waals surface area contributed by atoms with Crippen LogP contribution in [0.5, 0.6) is 5.75 Å². The Morgan fingerprint density at radius 1 is 1.29 bits per heavy atom. The van der Waals surface area contributed by atoms with Crippen molar-refractivity contribution in [3.8, 4) is 5.75 Å². The Labute approximate surface area is 101 Å². The number of nitrogens with zero attached hydrogens (tertiary/aromatic N) is 2. The minimum absolute atomic E-state index is 0.730. The summed E-state index contributed by atoms with van der Waals surface area (Å²) in [5.41, 5.74) is 2.18. The summed E-state index contributed by atoms with van der Waals surface area (Å²) in [6.07, 6.45) is 1.99. The van der Waals surface area contributed by atoms with Crippen LogP contribution in [0.25, 0.3) is 0 Å². The first kappa shape index (κ1) is 11.7. The van der Waals surface area contributed by atoms with E-state index in [2.05, 4.69) is 16.5 Å². The zero-order valence-corrected chi connectivity index (χ0v) is 10.2. The summed E-state index contributed by atoms with van der Waals surface area (Å²) in [6.45, 7) is 1.52. The highest BCUT2D eigenvalue weighted by Crippen LogP contribution is 2.18. The van der Waals surface area contributed by atoms with Gasteiger partial charge in [-0.05, 0) is 19.2 Å². The van der Waals surface area contributed by atoms with Crippen molar-refractivity contribution >= 4 is 0 Å². The summed E-state index contributed by atoms with van der Waals surface area (Å²) in [5, 5.41) is 7.55. The highest BCUT2D eigenvalue weighted by Gasteiger charge is 2.03. The first-order chi connectivity index (χ1) is 8.33. The van der Waals surface area contributed by atoms with E-state index in [1.54, 1.807) is 7.11 Å². The largest absolute Gasteiger partial charge is 0.496 e. The van der Waals surface area contributed by atoms with Gasteiger partial charge in [-0.15, -0.1) is 0 Å². The highest BCUT2D eigenvalue weighted by molar-refractivity contribution is 5.33. The van der Waals surface area contributed by atoms with Crippen molar-refractivity contribution in [1.29, 1.82) is 0 Å². The minimum atomic E-state index is 0.730. The van der Waals surface area contributed by atoms with E-state index in [4.69, 9.17) is 4.74 Å². The van der Waals surface area contributed by atoms with Gasteiger partial charge in [-0.1, -0.05) is 18.2 Å². The molecule has 0 aliphatic heterocycles. The smallest absolute Gasteiger partial charge is 0.123 e. The molecule has 0 atom stereocenters. The third-order valence-electron chi connectivity index (χ3n) is 2.58. The SMILES string of the molecule is CNCc1ccn(Cc2ccccc2OC)n1. The number of para-hydroxylation sites is 1. The first-order valence-electron chi connectivity index (χ1n) is 5.62.